The van der Waals surface area contributed by atoms with Crippen LogP contribution in [0.15, 0.2) is 42.7 Å². The Morgan fingerprint density at radius 3 is 2.84 bits per heavy atom. The van der Waals surface area contributed by atoms with Gasteiger partial charge in [0, 0.05) is 48.9 Å². The molecule has 1 atom stereocenters. The van der Waals surface area contributed by atoms with E-state index in [1.165, 1.54) is 0 Å². The molecule has 2 aromatic heterocycles. The second kappa shape index (κ2) is 7.21. The average molecular weight is 340 g/mol. The number of aromatic nitrogens is 3. The van der Waals surface area contributed by atoms with Crippen LogP contribution in [-0.2, 0) is 29.5 Å². The molecule has 0 spiro atoms. The van der Waals surface area contributed by atoms with Gasteiger partial charge >= 0.3 is 5.97 Å². The van der Waals surface area contributed by atoms with E-state index in [9.17, 15) is 14.7 Å². The molecule has 25 heavy (non-hydrogen) atoms. The molecule has 0 aliphatic carbocycles. The number of amides is 1. The number of carbonyl (C=O) groups excluding carboxylic acids is 1. The number of carboxylic acids is 1. The minimum absolute atomic E-state index is 0.219. The second-order valence-electron chi connectivity index (χ2n) is 5.97. The van der Waals surface area contributed by atoms with Gasteiger partial charge in [-0.3, -0.25) is 9.48 Å². The van der Waals surface area contributed by atoms with E-state index in [2.05, 4.69) is 15.4 Å². The standard InChI is InChI=1S/C18H20N4O3/c1-22-13(8-9-20-22)6-7-17(23)21-16(18(24)25)10-12-11-19-15-5-3-2-4-14(12)15/h2-5,8-9,11,16,19H,6-7,10H2,1H3,(H,21,23)(H,24,25). The normalized spacial score (nSPS) is 12.2. The summed E-state index contributed by atoms with van der Waals surface area (Å²) >= 11 is 0. The fourth-order valence-electron chi connectivity index (χ4n) is 2.88. The summed E-state index contributed by atoms with van der Waals surface area (Å²) in [5, 5.41) is 17.1. The molecular weight excluding hydrogens is 320 g/mol. The predicted octanol–water partition coefficient (Wildman–Crippen LogP) is 1.65. The fourth-order valence-corrected chi connectivity index (χ4v) is 2.88. The molecular formula is C18H20N4O3. The van der Waals surface area contributed by atoms with Gasteiger partial charge in [-0.15, -0.1) is 0 Å². The lowest BCUT2D eigenvalue weighted by molar-refractivity contribution is -0.141. The molecule has 1 amide bonds. The van der Waals surface area contributed by atoms with Gasteiger partial charge in [0.15, 0.2) is 0 Å². The number of rotatable bonds is 7. The zero-order chi connectivity index (χ0) is 17.8. The maximum atomic E-state index is 12.1. The molecule has 1 aromatic carbocycles. The number of nitrogens with one attached hydrogen (secondary N) is 2. The Balaban J connectivity index is 1.64. The highest BCUT2D eigenvalue weighted by Gasteiger charge is 2.21. The molecule has 0 bridgehead atoms. The molecule has 3 rings (SSSR count). The highest BCUT2D eigenvalue weighted by atomic mass is 16.4. The zero-order valence-corrected chi connectivity index (χ0v) is 13.9. The molecule has 1 unspecified atom stereocenters. The molecule has 0 saturated heterocycles. The fraction of sp³-hybridized carbons (Fsp3) is 0.278. The summed E-state index contributed by atoms with van der Waals surface area (Å²) in [6, 6.07) is 8.57. The minimum Gasteiger partial charge on any atom is -0.480 e. The SMILES string of the molecule is Cn1nccc1CCC(=O)NC(Cc1c[nH]c2ccccc12)C(=O)O. The molecule has 3 aromatic rings. The van der Waals surface area contributed by atoms with Gasteiger partial charge in [0.2, 0.25) is 5.91 Å². The van der Waals surface area contributed by atoms with E-state index in [0.717, 1.165) is 22.2 Å². The Bertz CT molecular complexity index is 897. The molecule has 3 N–H and O–H groups in total. The van der Waals surface area contributed by atoms with Gasteiger partial charge in [0.05, 0.1) is 0 Å². The number of carbonyl (C=O) groups is 2. The molecule has 0 fully saturated rings. The Kier molecular flexibility index (Phi) is 4.83. The Hall–Kier alpha value is -3.09. The maximum Gasteiger partial charge on any atom is 0.326 e. The quantitative estimate of drug-likeness (QED) is 0.609. The molecule has 0 aliphatic heterocycles. The summed E-state index contributed by atoms with van der Waals surface area (Å²) in [5.74, 6) is -1.33. The first-order valence-electron chi connectivity index (χ1n) is 8.08. The van der Waals surface area contributed by atoms with Crippen LogP contribution >= 0.6 is 0 Å². The first-order chi connectivity index (χ1) is 12.0. The topological polar surface area (TPSA) is 100 Å². The summed E-state index contributed by atoms with van der Waals surface area (Å²) in [4.78, 5) is 26.8. The number of aromatic amines is 1. The van der Waals surface area contributed by atoms with Gasteiger partial charge < -0.3 is 15.4 Å². The average Bonchev–Trinajstić information content (AvgIpc) is 3.19. The van der Waals surface area contributed by atoms with Crippen LogP contribution in [0.2, 0.25) is 0 Å². The largest absolute Gasteiger partial charge is 0.480 e. The lowest BCUT2D eigenvalue weighted by Gasteiger charge is -2.14. The maximum absolute atomic E-state index is 12.1. The highest BCUT2D eigenvalue weighted by molar-refractivity contribution is 5.86. The molecule has 0 aliphatic rings. The van der Waals surface area contributed by atoms with Crippen LogP contribution in [0, 0.1) is 0 Å². The van der Waals surface area contributed by atoms with E-state index in [4.69, 9.17) is 0 Å². The van der Waals surface area contributed by atoms with Crippen molar-refractivity contribution < 1.29 is 14.7 Å². The van der Waals surface area contributed by atoms with Crippen molar-refractivity contribution in [1.82, 2.24) is 20.1 Å². The predicted molar refractivity (Wildman–Crippen MR) is 93.1 cm³/mol. The minimum atomic E-state index is -1.04. The molecule has 7 nitrogen and oxygen atoms in total. The van der Waals surface area contributed by atoms with Crippen LogP contribution in [0.3, 0.4) is 0 Å². The van der Waals surface area contributed by atoms with Crippen molar-refractivity contribution in [2.75, 3.05) is 0 Å². The summed E-state index contributed by atoms with van der Waals surface area (Å²) in [5.41, 5.74) is 2.75. The lowest BCUT2D eigenvalue weighted by atomic mass is 10.0. The van der Waals surface area contributed by atoms with Crippen LogP contribution in [0.5, 0.6) is 0 Å². The molecule has 2 heterocycles. The first kappa shape index (κ1) is 16.8. The number of H-pyrrole nitrogens is 1. The van der Waals surface area contributed by atoms with Crippen molar-refractivity contribution in [2.24, 2.45) is 7.05 Å². The highest BCUT2D eigenvalue weighted by Crippen LogP contribution is 2.19. The molecule has 0 saturated carbocycles. The lowest BCUT2D eigenvalue weighted by Crippen LogP contribution is -2.42. The van der Waals surface area contributed by atoms with E-state index < -0.39 is 12.0 Å². The van der Waals surface area contributed by atoms with Crippen molar-refractivity contribution in [3.05, 3.63) is 54.0 Å². The van der Waals surface area contributed by atoms with E-state index in [1.54, 1.807) is 17.1 Å². The number of fused-ring (bicyclic) bond motifs is 1. The van der Waals surface area contributed by atoms with Crippen molar-refractivity contribution in [3.63, 3.8) is 0 Å². The Morgan fingerprint density at radius 1 is 1.32 bits per heavy atom. The van der Waals surface area contributed by atoms with Gasteiger partial charge in [-0.2, -0.15) is 5.10 Å². The number of hydrogen-bond acceptors (Lipinski definition) is 3. The van der Waals surface area contributed by atoms with Crippen molar-refractivity contribution in [1.29, 1.82) is 0 Å². The monoisotopic (exact) mass is 340 g/mol. The number of aliphatic carboxylic acids is 1. The second-order valence-corrected chi connectivity index (χ2v) is 5.97. The van der Waals surface area contributed by atoms with Crippen LogP contribution in [0.4, 0.5) is 0 Å². The van der Waals surface area contributed by atoms with Gasteiger partial charge in [-0.25, -0.2) is 4.79 Å². The number of nitrogens with zero attached hydrogens (tertiary/aromatic N) is 2. The number of benzene rings is 1. The van der Waals surface area contributed by atoms with Crippen molar-refractivity contribution >= 4 is 22.8 Å². The molecule has 7 heteroatoms. The summed E-state index contributed by atoms with van der Waals surface area (Å²) in [6.07, 6.45) is 4.43. The van der Waals surface area contributed by atoms with Crippen molar-refractivity contribution in [3.8, 4) is 0 Å². The van der Waals surface area contributed by atoms with E-state index >= 15 is 0 Å². The third-order valence-electron chi connectivity index (χ3n) is 4.26. The van der Waals surface area contributed by atoms with Crippen LogP contribution in [0.25, 0.3) is 10.9 Å². The van der Waals surface area contributed by atoms with Crippen LogP contribution in [-0.4, -0.2) is 37.8 Å². The van der Waals surface area contributed by atoms with Crippen molar-refractivity contribution in [2.45, 2.75) is 25.3 Å². The van der Waals surface area contributed by atoms with Crippen LogP contribution < -0.4 is 5.32 Å². The van der Waals surface area contributed by atoms with Crippen LogP contribution in [0.1, 0.15) is 17.7 Å². The van der Waals surface area contributed by atoms with Gasteiger partial charge in [0.1, 0.15) is 6.04 Å². The van der Waals surface area contributed by atoms with Gasteiger partial charge in [0.25, 0.3) is 0 Å². The summed E-state index contributed by atoms with van der Waals surface area (Å²) < 4.78 is 1.70. The number of carboxylic acid groups (broad SMARTS) is 1. The number of hydrogen-bond donors (Lipinski definition) is 3. The van der Waals surface area contributed by atoms with Gasteiger partial charge in [-0.1, -0.05) is 18.2 Å². The smallest absolute Gasteiger partial charge is 0.326 e. The van der Waals surface area contributed by atoms with E-state index in [0.29, 0.717) is 6.42 Å². The van der Waals surface area contributed by atoms with E-state index in [1.807, 2.05) is 37.4 Å². The Morgan fingerprint density at radius 2 is 2.12 bits per heavy atom. The summed E-state index contributed by atoms with van der Waals surface area (Å²) in [7, 11) is 1.81. The Labute approximate surface area is 144 Å². The third-order valence-corrected chi connectivity index (χ3v) is 4.26. The molecule has 0 radical (unpaired) electrons. The van der Waals surface area contributed by atoms with Gasteiger partial charge in [-0.05, 0) is 24.1 Å². The van der Waals surface area contributed by atoms with E-state index in [-0.39, 0.29) is 18.7 Å². The zero-order valence-electron chi connectivity index (χ0n) is 13.9. The first-order valence-corrected chi connectivity index (χ1v) is 8.08. The number of para-hydroxylation sites is 1. The summed E-state index contributed by atoms with van der Waals surface area (Å²) in [6.45, 7) is 0. The molecule has 130 valence electrons. The third kappa shape index (κ3) is 3.88. The number of aryl methyl sites for hydroxylation is 2.